The maximum Gasteiger partial charge on any atom is 0.213 e. The molecule has 0 aliphatic carbocycles. The minimum Gasteiger partial charge on any atom is -0.345 e. The van der Waals surface area contributed by atoms with Crippen LogP contribution in [-0.2, 0) is 7.05 Å². The molecule has 9 heteroatoms. The van der Waals surface area contributed by atoms with Crippen molar-refractivity contribution in [3.63, 3.8) is 0 Å². The molecule has 29 heavy (non-hydrogen) atoms. The molecule has 8 nitrogen and oxygen atoms in total. The number of halogens is 1. The average molecular weight is 407 g/mol. The molecule has 146 valence electrons. The maximum absolute atomic E-state index is 6.79. The molecule has 0 saturated carbocycles. The predicted molar refractivity (Wildman–Crippen MR) is 115 cm³/mol. The van der Waals surface area contributed by atoms with Crippen LogP contribution in [0.1, 0.15) is 0 Å². The van der Waals surface area contributed by atoms with E-state index in [4.69, 9.17) is 16.6 Å². The first-order valence-electron chi connectivity index (χ1n) is 9.63. The lowest BCUT2D eigenvalue weighted by Crippen LogP contribution is -2.44. The second kappa shape index (κ2) is 6.20. The van der Waals surface area contributed by atoms with Crippen molar-refractivity contribution in [2.24, 2.45) is 7.05 Å². The third kappa shape index (κ3) is 2.46. The zero-order valence-corrected chi connectivity index (χ0v) is 16.6. The standard InChI is InChI=1S/C20H19ClN8/c1-27-11-14-15(26-27)3-2-12(17(14)21)13-10-24-18-16(13)19-23-6-9-29(19)20(25-18)28-7-4-22-5-8-28/h2-3,6,9-11,22,24H,4-5,7-8H2,1H3. The number of aromatic amines is 1. The Morgan fingerprint density at radius 3 is 2.86 bits per heavy atom. The van der Waals surface area contributed by atoms with Gasteiger partial charge in [0.1, 0.15) is 5.65 Å². The number of imidazole rings is 1. The van der Waals surface area contributed by atoms with Gasteiger partial charge >= 0.3 is 0 Å². The van der Waals surface area contributed by atoms with Crippen molar-refractivity contribution in [3.8, 4) is 11.1 Å². The Labute approximate surface area is 171 Å². The summed E-state index contributed by atoms with van der Waals surface area (Å²) in [5, 5.41) is 10.4. The zero-order chi connectivity index (χ0) is 19.5. The Kier molecular flexibility index (Phi) is 3.60. The Balaban J connectivity index is 1.60. The van der Waals surface area contributed by atoms with Crippen molar-refractivity contribution < 1.29 is 0 Å². The second-order valence-electron chi connectivity index (χ2n) is 7.36. The van der Waals surface area contributed by atoms with Gasteiger partial charge in [0.25, 0.3) is 0 Å². The number of rotatable bonds is 2. The number of aryl methyl sites for hydroxylation is 1. The van der Waals surface area contributed by atoms with E-state index in [1.807, 2.05) is 44.0 Å². The van der Waals surface area contributed by atoms with E-state index in [0.717, 1.165) is 70.8 Å². The molecule has 6 rings (SSSR count). The lowest BCUT2D eigenvalue weighted by Gasteiger charge is -2.28. The summed E-state index contributed by atoms with van der Waals surface area (Å²) in [4.78, 5) is 15.2. The van der Waals surface area contributed by atoms with Crippen LogP contribution in [0, 0.1) is 0 Å². The Hall–Kier alpha value is -3.10. The largest absolute Gasteiger partial charge is 0.345 e. The fourth-order valence-corrected chi connectivity index (χ4v) is 4.53. The lowest BCUT2D eigenvalue weighted by atomic mass is 10.0. The average Bonchev–Trinajstić information content (AvgIpc) is 3.45. The molecule has 0 radical (unpaired) electrons. The molecule has 4 aromatic heterocycles. The monoisotopic (exact) mass is 406 g/mol. The van der Waals surface area contributed by atoms with Gasteiger partial charge in [0.2, 0.25) is 5.95 Å². The number of H-pyrrole nitrogens is 1. The molecule has 1 saturated heterocycles. The minimum absolute atomic E-state index is 0.687. The van der Waals surface area contributed by atoms with Crippen LogP contribution in [0.4, 0.5) is 5.95 Å². The summed E-state index contributed by atoms with van der Waals surface area (Å²) >= 11 is 6.79. The van der Waals surface area contributed by atoms with Gasteiger partial charge in [-0.3, -0.25) is 9.08 Å². The normalized spacial score (nSPS) is 15.2. The highest BCUT2D eigenvalue weighted by Gasteiger charge is 2.21. The van der Waals surface area contributed by atoms with Gasteiger partial charge in [0, 0.05) is 74.5 Å². The molecular weight excluding hydrogens is 388 g/mol. The molecule has 2 N–H and O–H groups in total. The van der Waals surface area contributed by atoms with E-state index in [1.165, 1.54) is 0 Å². The van der Waals surface area contributed by atoms with Crippen LogP contribution in [0.25, 0.3) is 38.7 Å². The number of aromatic nitrogens is 6. The van der Waals surface area contributed by atoms with Gasteiger partial charge in [-0.25, -0.2) is 4.98 Å². The van der Waals surface area contributed by atoms with Gasteiger partial charge in [-0.1, -0.05) is 17.7 Å². The van der Waals surface area contributed by atoms with E-state index in [2.05, 4.69) is 29.7 Å². The third-order valence-corrected chi connectivity index (χ3v) is 5.99. The summed E-state index contributed by atoms with van der Waals surface area (Å²) in [5.41, 5.74) is 4.51. The SMILES string of the molecule is Cn1cc2c(Cl)c(-c3c[nH]c4nc(N5CCNCC5)n5ccnc5c34)ccc2n1. The summed E-state index contributed by atoms with van der Waals surface area (Å²) in [6, 6.07) is 4.02. The minimum atomic E-state index is 0.687. The van der Waals surface area contributed by atoms with Crippen LogP contribution in [0.2, 0.25) is 5.02 Å². The van der Waals surface area contributed by atoms with Crippen LogP contribution in [0.15, 0.2) is 36.9 Å². The zero-order valence-electron chi connectivity index (χ0n) is 15.9. The van der Waals surface area contributed by atoms with Gasteiger partial charge in [-0.2, -0.15) is 10.1 Å². The van der Waals surface area contributed by atoms with Gasteiger partial charge < -0.3 is 15.2 Å². The summed E-state index contributed by atoms with van der Waals surface area (Å²) in [6.07, 6.45) is 7.71. The summed E-state index contributed by atoms with van der Waals surface area (Å²) in [7, 11) is 1.90. The van der Waals surface area contributed by atoms with Gasteiger partial charge in [-0.15, -0.1) is 0 Å². The molecule has 1 aliphatic heterocycles. The van der Waals surface area contributed by atoms with Gasteiger partial charge in [-0.05, 0) is 6.07 Å². The highest BCUT2D eigenvalue weighted by Crippen LogP contribution is 2.39. The number of fused-ring (bicyclic) bond motifs is 4. The van der Waals surface area contributed by atoms with E-state index in [1.54, 1.807) is 4.68 Å². The van der Waals surface area contributed by atoms with Crippen LogP contribution in [0.5, 0.6) is 0 Å². The first-order chi connectivity index (χ1) is 14.2. The Morgan fingerprint density at radius 2 is 2.00 bits per heavy atom. The topological polar surface area (TPSA) is 79.1 Å². The van der Waals surface area contributed by atoms with E-state index < -0.39 is 0 Å². The first kappa shape index (κ1) is 16.8. The quantitative estimate of drug-likeness (QED) is 0.471. The first-order valence-corrected chi connectivity index (χ1v) is 10.0. The fourth-order valence-electron chi connectivity index (χ4n) is 4.22. The van der Waals surface area contributed by atoms with E-state index in [0.29, 0.717) is 5.02 Å². The molecule has 0 amide bonds. The van der Waals surface area contributed by atoms with Crippen LogP contribution >= 0.6 is 11.6 Å². The van der Waals surface area contributed by atoms with Crippen molar-refractivity contribution in [3.05, 3.63) is 41.9 Å². The van der Waals surface area contributed by atoms with Crippen LogP contribution in [-0.4, -0.2) is 55.3 Å². The molecular formula is C20H19ClN8. The molecule has 1 aromatic carbocycles. The third-order valence-electron chi connectivity index (χ3n) is 5.58. The lowest BCUT2D eigenvalue weighted by molar-refractivity contribution is 0.578. The number of piperazine rings is 1. The molecule has 5 aromatic rings. The van der Waals surface area contributed by atoms with E-state index in [9.17, 15) is 0 Å². The second-order valence-corrected chi connectivity index (χ2v) is 7.74. The summed E-state index contributed by atoms with van der Waals surface area (Å²) in [5.74, 6) is 0.911. The molecule has 1 aliphatic rings. The fraction of sp³-hybridized carbons (Fsp3) is 0.250. The molecule has 0 unspecified atom stereocenters. The van der Waals surface area contributed by atoms with Crippen LogP contribution in [0.3, 0.4) is 0 Å². The number of hydrogen-bond donors (Lipinski definition) is 2. The van der Waals surface area contributed by atoms with E-state index in [-0.39, 0.29) is 0 Å². The van der Waals surface area contributed by atoms with Crippen molar-refractivity contribution in [2.75, 3.05) is 31.1 Å². The number of nitrogens with one attached hydrogen (secondary N) is 2. The maximum atomic E-state index is 6.79. The van der Waals surface area contributed by atoms with Crippen molar-refractivity contribution >= 4 is 45.1 Å². The van der Waals surface area contributed by atoms with Crippen molar-refractivity contribution in [1.29, 1.82) is 0 Å². The number of hydrogen-bond acceptors (Lipinski definition) is 5. The number of anilines is 1. The Bertz CT molecular complexity index is 1370. The Morgan fingerprint density at radius 1 is 1.14 bits per heavy atom. The molecule has 5 heterocycles. The molecule has 0 atom stereocenters. The number of nitrogens with zero attached hydrogens (tertiary/aromatic N) is 6. The predicted octanol–water partition coefficient (Wildman–Crippen LogP) is 2.83. The van der Waals surface area contributed by atoms with Crippen LogP contribution < -0.4 is 10.2 Å². The summed E-state index contributed by atoms with van der Waals surface area (Å²) < 4.78 is 3.85. The van der Waals surface area contributed by atoms with Gasteiger partial charge in [0.15, 0.2) is 5.65 Å². The van der Waals surface area contributed by atoms with Gasteiger partial charge in [0.05, 0.1) is 15.9 Å². The van der Waals surface area contributed by atoms with E-state index >= 15 is 0 Å². The highest BCUT2D eigenvalue weighted by molar-refractivity contribution is 6.38. The smallest absolute Gasteiger partial charge is 0.213 e. The highest BCUT2D eigenvalue weighted by atomic mass is 35.5. The molecule has 0 spiro atoms. The summed E-state index contributed by atoms with van der Waals surface area (Å²) in [6.45, 7) is 3.74. The van der Waals surface area contributed by atoms with Crippen molar-refractivity contribution in [1.82, 2.24) is 34.4 Å². The number of benzene rings is 1. The molecule has 0 bridgehead atoms. The van der Waals surface area contributed by atoms with Crippen molar-refractivity contribution in [2.45, 2.75) is 0 Å². The molecule has 1 fully saturated rings.